The van der Waals surface area contributed by atoms with E-state index in [4.69, 9.17) is 0 Å². The molecule has 5 heteroatoms. The quantitative estimate of drug-likeness (QED) is 0.913. The van der Waals surface area contributed by atoms with Crippen molar-refractivity contribution in [3.8, 4) is 0 Å². The third-order valence-electron chi connectivity index (χ3n) is 4.61. The molecule has 1 fully saturated rings. The van der Waals surface area contributed by atoms with Gasteiger partial charge in [-0.2, -0.15) is 0 Å². The molecule has 2 aromatic rings. The lowest BCUT2D eigenvalue weighted by Gasteiger charge is -2.21. The summed E-state index contributed by atoms with van der Waals surface area (Å²) in [4.78, 5) is 22.7. The van der Waals surface area contributed by atoms with E-state index in [2.05, 4.69) is 28.9 Å². The third-order valence-corrected chi connectivity index (χ3v) is 5.59. The first kappa shape index (κ1) is 16.3. The Hall–Kier alpha value is -1.59. The zero-order valence-corrected chi connectivity index (χ0v) is 14.9. The van der Waals surface area contributed by atoms with Gasteiger partial charge in [0.25, 0.3) is 5.91 Å². The summed E-state index contributed by atoms with van der Waals surface area (Å²) in [5.74, 6) is 0.695. The van der Waals surface area contributed by atoms with Crippen molar-refractivity contribution in [1.82, 2.24) is 14.8 Å². The molecule has 0 unspecified atom stereocenters. The summed E-state index contributed by atoms with van der Waals surface area (Å²) in [5, 5.41) is 0. The molecule has 0 bridgehead atoms. The zero-order chi connectivity index (χ0) is 16.4. The van der Waals surface area contributed by atoms with Gasteiger partial charge in [0.05, 0.1) is 5.56 Å². The second kappa shape index (κ2) is 6.89. The number of rotatable bonds is 5. The van der Waals surface area contributed by atoms with Crippen LogP contribution in [-0.4, -0.2) is 47.4 Å². The van der Waals surface area contributed by atoms with E-state index < -0.39 is 0 Å². The van der Waals surface area contributed by atoms with Crippen LogP contribution in [0.2, 0.25) is 0 Å². The van der Waals surface area contributed by atoms with Crippen LogP contribution in [0.5, 0.6) is 0 Å². The lowest BCUT2D eigenvalue weighted by molar-refractivity contribution is 0.0772. The number of H-pyrrole nitrogens is 1. The summed E-state index contributed by atoms with van der Waals surface area (Å²) >= 11 is 1.88. The molecule has 3 rings (SSSR count). The van der Waals surface area contributed by atoms with Crippen molar-refractivity contribution in [2.24, 2.45) is 5.92 Å². The minimum absolute atomic E-state index is 0.121. The van der Waals surface area contributed by atoms with E-state index in [-0.39, 0.29) is 5.91 Å². The molecule has 1 aliphatic rings. The van der Waals surface area contributed by atoms with Crippen LogP contribution in [0.15, 0.2) is 24.5 Å². The van der Waals surface area contributed by atoms with Crippen molar-refractivity contribution in [2.75, 3.05) is 26.7 Å². The molecule has 0 aliphatic carbocycles. The Morgan fingerprint density at radius 2 is 2.22 bits per heavy atom. The van der Waals surface area contributed by atoms with E-state index in [9.17, 15) is 4.79 Å². The number of nitrogens with one attached hydrogen (secondary N) is 1. The van der Waals surface area contributed by atoms with Crippen LogP contribution in [0.3, 0.4) is 0 Å². The van der Waals surface area contributed by atoms with Gasteiger partial charge < -0.3 is 9.88 Å². The topological polar surface area (TPSA) is 39.3 Å². The molecule has 1 N–H and O–H groups in total. The number of carbonyl (C=O) groups excluding carboxylic acids is 1. The predicted octanol–water partition coefficient (Wildman–Crippen LogP) is 3.29. The number of carbonyl (C=O) groups is 1. The fraction of sp³-hybridized carbons (Fsp3) is 0.500. The second-order valence-corrected chi connectivity index (χ2v) is 8.01. The molecule has 3 heterocycles. The Kier molecular flexibility index (Phi) is 4.87. The highest BCUT2D eigenvalue weighted by Crippen LogP contribution is 2.23. The molecular weight excluding hydrogens is 306 g/mol. The number of aromatic nitrogens is 1. The maximum atomic E-state index is 12.5. The number of likely N-dealkylation sites (tertiary alicyclic amines) is 1. The van der Waals surface area contributed by atoms with Crippen LogP contribution >= 0.6 is 11.3 Å². The van der Waals surface area contributed by atoms with Crippen LogP contribution < -0.4 is 0 Å². The summed E-state index contributed by atoms with van der Waals surface area (Å²) in [7, 11) is 1.92. The average molecular weight is 331 g/mol. The maximum absolute atomic E-state index is 12.5. The van der Waals surface area contributed by atoms with Gasteiger partial charge in [-0.3, -0.25) is 9.69 Å². The van der Waals surface area contributed by atoms with Crippen molar-refractivity contribution >= 4 is 17.2 Å². The summed E-state index contributed by atoms with van der Waals surface area (Å²) in [5.41, 5.74) is 1.80. The van der Waals surface area contributed by atoms with Crippen molar-refractivity contribution in [2.45, 2.75) is 26.8 Å². The molecule has 4 nitrogen and oxygen atoms in total. The number of aryl methyl sites for hydroxylation is 2. The number of amides is 1. The Balaban J connectivity index is 1.51. The Morgan fingerprint density at radius 3 is 2.87 bits per heavy atom. The van der Waals surface area contributed by atoms with Crippen LogP contribution in [0.1, 0.15) is 32.1 Å². The highest BCUT2D eigenvalue weighted by Gasteiger charge is 2.26. The van der Waals surface area contributed by atoms with Gasteiger partial charge in [0.15, 0.2) is 0 Å². The standard InChI is InChI=1S/C18H25N3OS/c1-13-8-19-9-17(13)18(22)20(3)10-15-6-7-21(11-15)12-16-5-4-14(2)23-16/h4-5,8-9,15,19H,6-7,10-12H2,1-3H3/t15-/m1/s1. The fourth-order valence-corrected chi connectivity index (χ4v) is 4.28. The lowest BCUT2D eigenvalue weighted by Crippen LogP contribution is -2.33. The Labute approximate surface area is 142 Å². The molecule has 1 amide bonds. The minimum Gasteiger partial charge on any atom is -0.367 e. The molecule has 2 aromatic heterocycles. The smallest absolute Gasteiger partial charge is 0.255 e. The third kappa shape index (κ3) is 3.85. The monoisotopic (exact) mass is 331 g/mol. The van der Waals surface area contributed by atoms with Gasteiger partial charge in [0.2, 0.25) is 0 Å². The SMILES string of the molecule is Cc1ccc(CN2CC[C@H](CN(C)C(=O)c3c[nH]cc3C)C2)s1. The molecule has 1 saturated heterocycles. The van der Waals surface area contributed by atoms with Gasteiger partial charge in [0, 0.05) is 48.8 Å². The van der Waals surface area contributed by atoms with Gasteiger partial charge in [-0.25, -0.2) is 0 Å². The van der Waals surface area contributed by atoms with Crippen LogP contribution in [0, 0.1) is 19.8 Å². The summed E-state index contributed by atoms with van der Waals surface area (Å²) in [6.07, 6.45) is 4.85. The average Bonchev–Trinajstić information content (AvgIpc) is 3.22. The summed E-state index contributed by atoms with van der Waals surface area (Å²) in [6.45, 7) is 8.23. The van der Waals surface area contributed by atoms with Crippen LogP contribution in [-0.2, 0) is 6.54 Å². The molecule has 0 spiro atoms. The van der Waals surface area contributed by atoms with Crippen molar-refractivity contribution in [3.63, 3.8) is 0 Å². The van der Waals surface area contributed by atoms with Crippen molar-refractivity contribution in [1.29, 1.82) is 0 Å². The van der Waals surface area contributed by atoms with Gasteiger partial charge in [-0.15, -0.1) is 11.3 Å². The molecule has 0 saturated carbocycles. The predicted molar refractivity (Wildman–Crippen MR) is 94.9 cm³/mol. The normalized spacial score (nSPS) is 18.5. The highest BCUT2D eigenvalue weighted by atomic mass is 32.1. The number of nitrogens with zero attached hydrogens (tertiary/aromatic N) is 2. The summed E-state index contributed by atoms with van der Waals surface area (Å²) in [6, 6.07) is 4.43. The first-order valence-electron chi connectivity index (χ1n) is 8.19. The van der Waals surface area contributed by atoms with Gasteiger partial charge in [0.1, 0.15) is 0 Å². The largest absolute Gasteiger partial charge is 0.367 e. The van der Waals surface area contributed by atoms with E-state index in [0.29, 0.717) is 5.92 Å². The Bertz CT molecular complexity index is 675. The number of thiophene rings is 1. The molecule has 23 heavy (non-hydrogen) atoms. The first-order chi connectivity index (χ1) is 11.0. The fourth-order valence-electron chi connectivity index (χ4n) is 3.34. The lowest BCUT2D eigenvalue weighted by atomic mass is 10.1. The molecule has 0 radical (unpaired) electrons. The van der Waals surface area contributed by atoms with E-state index >= 15 is 0 Å². The molecular formula is C18H25N3OS. The number of hydrogen-bond acceptors (Lipinski definition) is 3. The van der Waals surface area contributed by atoms with E-state index in [1.54, 1.807) is 6.20 Å². The van der Waals surface area contributed by atoms with Crippen molar-refractivity contribution in [3.05, 3.63) is 45.4 Å². The van der Waals surface area contributed by atoms with E-state index in [0.717, 1.165) is 37.3 Å². The second-order valence-electron chi connectivity index (χ2n) is 6.64. The number of hydrogen-bond donors (Lipinski definition) is 1. The van der Waals surface area contributed by atoms with E-state index in [1.807, 2.05) is 36.4 Å². The van der Waals surface area contributed by atoms with Gasteiger partial charge in [-0.1, -0.05) is 0 Å². The van der Waals surface area contributed by atoms with Gasteiger partial charge >= 0.3 is 0 Å². The van der Waals surface area contributed by atoms with E-state index in [1.165, 1.54) is 16.2 Å². The van der Waals surface area contributed by atoms with Crippen LogP contribution in [0.25, 0.3) is 0 Å². The summed E-state index contributed by atoms with van der Waals surface area (Å²) < 4.78 is 0. The van der Waals surface area contributed by atoms with Crippen molar-refractivity contribution < 1.29 is 4.79 Å². The maximum Gasteiger partial charge on any atom is 0.255 e. The Morgan fingerprint density at radius 1 is 1.39 bits per heavy atom. The first-order valence-corrected chi connectivity index (χ1v) is 9.01. The molecule has 0 aromatic carbocycles. The zero-order valence-electron chi connectivity index (χ0n) is 14.1. The minimum atomic E-state index is 0.121. The van der Waals surface area contributed by atoms with Crippen LogP contribution in [0.4, 0.5) is 0 Å². The number of aromatic amines is 1. The van der Waals surface area contributed by atoms with Gasteiger partial charge in [-0.05, 0) is 50.4 Å². The molecule has 124 valence electrons. The molecule has 1 atom stereocenters. The molecule has 1 aliphatic heterocycles. The highest BCUT2D eigenvalue weighted by molar-refractivity contribution is 7.11.